The van der Waals surface area contributed by atoms with Crippen molar-refractivity contribution in [1.29, 1.82) is 5.26 Å². The smallest absolute Gasteiger partial charge is 0.225 e. The van der Waals surface area contributed by atoms with Gasteiger partial charge in [-0.2, -0.15) is 5.26 Å². The topological polar surface area (TPSA) is 99.4 Å². The van der Waals surface area contributed by atoms with E-state index in [0.29, 0.717) is 13.0 Å². The average Bonchev–Trinajstić information content (AvgIpc) is 2.12. The first-order valence-electron chi connectivity index (χ1n) is 4.38. The summed E-state index contributed by atoms with van der Waals surface area (Å²) in [6.45, 7) is 1.72. The van der Waals surface area contributed by atoms with Crippen LogP contribution in [-0.2, 0) is 14.8 Å². The highest BCUT2D eigenvalue weighted by atomic mass is 32.2. The van der Waals surface area contributed by atoms with Crippen LogP contribution in [0.5, 0.6) is 0 Å². The molecule has 0 aromatic rings. The zero-order chi connectivity index (χ0) is 11.9. The highest BCUT2D eigenvalue weighted by Gasteiger charge is 2.22. The van der Waals surface area contributed by atoms with Crippen molar-refractivity contribution in [2.45, 2.75) is 18.9 Å². The van der Waals surface area contributed by atoms with Crippen molar-refractivity contribution in [3.05, 3.63) is 0 Å². The first kappa shape index (κ1) is 14.3. The monoisotopic (exact) mass is 236 g/mol. The van der Waals surface area contributed by atoms with Gasteiger partial charge in [0.05, 0.1) is 11.7 Å². The summed E-state index contributed by atoms with van der Waals surface area (Å²) in [5, 5.41) is 17.9. The normalized spacial score (nSPS) is 15.6. The molecule has 0 aliphatic rings. The fourth-order valence-corrected chi connectivity index (χ4v) is 1.61. The number of rotatable bonds is 7. The molecule has 2 N–H and O–H groups in total. The zero-order valence-electron chi connectivity index (χ0n) is 8.86. The summed E-state index contributed by atoms with van der Waals surface area (Å²) < 4.78 is 29.1. The highest BCUT2D eigenvalue weighted by molar-refractivity contribution is 7.89. The van der Waals surface area contributed by atoms with Gasteiger partial charge in [0.15, 0.2) is 5.75 Å². The van der Waals surface area contributed by atoms with Gasteiger partial charge in [0.25, 0.3) is 0 Å². The van der Waals surface area contributed by atoms with Crippen LogP contribution in [0.3, 0.4) is 0 Å². The maximum Gasteiger partial charge on any atom is 0.225 e. The second kappa shape index (κ2) is 6.02. The van der Waals surface area contributed by atoms with Gasteiger partial charge in [-0.05, 0) is 6.92 Å². The van der Waals surface area contributed by atoms with E-state index in [1.165, 1.54) is 20.1 Å². The Morgan fingerprint density at radius 2 is 2.20 bits per heavy atom. The van der Waals surface area contributed by atoms with E-state index in [1.54, 1.807) is 0 Å². The van der Waals surface area contributed by atoms with Crippen LogP contribution >= 0.6 is 0 Å². The van der Waals surface area contributed by atoms with Crippen molar-refractivity contribution in [2.75, 3.05) is 26.0 Å². The third-order valence-electron chi connectivity index (χ3n) is 1.77. The van der Waals surface area contributed by atoms with E-state index in [9.17, 15) is 13.5 Å². The maximum atomic E-state index is 11.1. The summed E-state index contributed by atoms with van der Waals surface area (Å²) in [5.41, 5.74) is -1.17. The molecule has 0 spiro atoms. The Kier molecular flexibility index (Phi) is 5.75. The lowest BCUT2D eigenvalue weighted by atomic mass is 10.0. The Hall–Kier alpha value is -0.680. The molecule has 0 rings (SSSR count). The molecule has 7 heteroatoms. The lowest BCUT2D eigenvalue weighted by molar-refractivity contribution is 0.0292. The summed E-state index contributed by atoms with van der Waals surface area (Å²) in [6, 6.07) is 1.53. The van der Waals surface area contributed by atoms with E-state index in [0.717, 1.165) is 0 Å². The Morgan fingerprint density at radius 1 is 1.60 bits per heavy atom. The third kappa shape index (κ3) is 7.27. The molecular weight excluding hydrogens is 220 g/mol. The maximum absolute atomic E-state index is 11.1. The molecule has 6 nitrogen and oxygen atoms in total. The van der Waals surface area contributed by atoms with Crippen molar-refractivity contribution in [3.8, 4) is 6.07 Å². The number of nitrogens with one attached hydrogen (secondary N) is 1. The van der Waals surface area contributed by atoms with Crippen molar-refractivity contribution in [2.24, 2.45) is 0 Å². The molecule has 0 heterocycles. The quantitative estimate of drug-likeness (QED) is 0.604. The van der Waals surface area contributed by atoms with E-state index in [1.807, 2.05) is 0 Å². The van der Waals surface area contributed by atoms with Gasteiger partial charge in [-0.15, -0.1) is 0 Å². The van der Waals surface area contributed by atoms with E-state index in [-0.39, 0.29) is 6.54 Å². The molecule has 0 fully saturated rings. The Balaban J connectivity index is 4.09. The molecule has 0 aromatic carbocycles. The minimum Gasteiger partial charge on any atom is -0.389 e. The van der Waals surface area contributed by atoms with Gasteiger partial charge in [-0.25, -0.2) is 13.1 Å². The van der Waals surface area contributed by atoms with Gasteiger partial charge in [-0.3, -0.25) is 0 Å². The Labute approximate surface area is 89.9 Å². The Morgan fingerprint density at radius 3 is 2.67 bits per heavy atom. The fourth-order valence-electron chi connectivity index (χ4n) is 0.812. The van der Waals surface area contributed by atoms with Crippen molar-refractivity contribution >= 4 is 10.0 Å². The zero-order valence-corrected chi connectivity index (χ0v) is 9.67. The lowest BCUT2D eigenvalue weighted by Crippen LogP contribution is -2.41. The molecule has 0 aliphatic carbocycles. The first-order valence-corrected chi connectivity index (χ1v) is 6.04. The van der Waals surface area contributed by atoms with E-state index in [4.69, 9.17) is 10.00 Å². The molecule has 88 valence electrons. The van der Waals surface area contributed by atoms with Gasteiger partial charge in [-0.1, -0.05) is 0 Å². The largest absolute Gasteiger partial charge is 0.389 e. The van der Waals surface area contributed by atoms with Crippen molar-refractivity contribution in [3.63, 3.8) is 0 Å². The molecule has 15 heavy (non-hydrogen) atoms. The summed E-state index contributed by atoms with van der Waals surface area (Å²) in [4.78, 5) is 0. The molecule has 0 aliphatic heterocycles. The van der Waals surface area contributed by atoms with Crippen LogP contribution in [0.4, 0.5) is 0 Å². The van der Waals surface area contributed by atoms with Crippen LogP contribution < -0.4 is 4.72 Å². The molecule has 1 atom stereocenters. The number of aliphatic hydroxyl groups is 1. The molecule has 0 radical (unpaired) electrons. The predicted molar refractivity (Wildman–Crippen MR) is 54.5 cm³/mol. The lowest BCUT2D eigenvalue weighted by Gasteiger charge is -2.22. The van der Waals surface area contributed by atoms with Crippen molar-refractivity contribution in [1.82, 2.24) is 4.72 Å². The van der Waals surface area contributed by atoms with Gasteiger partial charge in [0.1, 0.15) is 0 Å². The first-order chi connectivity index (χ1) is 6.83. The molecule has 0 bridgehead atoms. The second-order valence-electron chi connectivity index (χ2n) is 3.48. The van der Waals surface area contributed by atoms with Gasteiger partial charge in [0.2, 0.25) is 10.0 Å². The van der Waals surface area contributed by atoms with E-state index < -0.39 is 21.4 Å². The highest BCUT2D eigenvalue weighted by Crippen LogP contribution is 2.07. The van der Waals surface area contributed by atoms with Gasteiger partial charge < -0.3 is 9.84 Å². The van der Waals surface area contributed by atoms with Crippen LogP contribution in [0.25, 0.3) is 0 Å². The van der Waals surface area contributed by atoms with Crippen LogP contribution in [-0.4, -0.2) is 45.1 Å². The molecule has 0 saturated carbocycles. The van der Waals surface area contributed by atoms with E-state index in [2.05, 4.69) is 4.72 Å². The number of sulfonamides is 1. The average molecular weight is 236 g/mol. The number of hydrogen-bond donors (Lipinski definition) is 2. The summed E-state index contributed by atoms with van der Waals surface area (Å²) >= 11 is 0. The van der Waals surface area contributed by atoms with Crippen LogP contribution in [0.15, 0.2) is 0 Å². The molecule has 0 amide bonds. The molecular formula is C8H16N2O4S. The fraction of sp³-hybridized carbons (Fsp3) is 0.875. The standard InChI is InChI=1S/C8H16N2O4S/c1-8(11,3-5-14-2)7-10-15(12,13)6-4-9/h10-11H,3,5-7H2,1-2H3. The number of hydrogen-bond acceptors (Lipinski definition) is 5. The third-order valence-corrected chi connectivity index (χ3v) is 2.87. The number of nitrogens with zero attached hydrogens (tertiary/aromatic N) is 1. The van der Waals surface area contributed by atoms with Crippen LogP contribution in [0, 0.1) is 11.3 Å². The Bertz CT molecular complexity index is 318. The number of ether oxygens (including phenoxy) is 1. The van der Waals surface area contributed by atoms with Crippen LogP contribution in [0.1, 0.15) is 13.3 Å². The molecule has 0 saturated heterocycles. The number of methoxy groups -OCH3 is 1. The van der Waals surface area contributed by atoms with Gasteiger partial charge >= 0.3 is 0 Å². The summed E-state index contributed by atoms with van der Waals surface area (Å²) in [6.07, 6.45) is 0.318. The van der Waals surface area contributed by atoms with E-state index >= 15 is 0 Å². The minimum atomic E-state index is -3.60. The summed E-state index contributed by atoms with van der Waals surface area (Å²) in [5.74, 6) is -0.604. The van der Waals surface area contributed by atoms with Crippen molar-refractivity contribution < 1.29 is 18.3 Å². The predicted octanol–water partition coefficient (Wildman–Crippen LogP) is -0.783. The SMILES string of the molecule is COCCC(C)(O)CNS(=O)(=O)CC#N. The van der Waals surface area contributed by atoms with Gasteiger partial charge in [0, 0.05) is 26.7 Å². The molecule has 0 aromatic heterocycles. The molecule has 1 unspecified atom stereocenters. The number of nitriles is 1. The minimum absolute atomic E-state index is 0.125. The summed E-state index contributed by atoms with van der Waals surface area (Å²) in [7, 11) is -2.11. The van der Waals surface area contributed by atoms with Crippen LogP contribution in [0.2, 0.25) is 0 Å². The second-order valence-corrected chi connectivity index (χ2v) is 5.28.